The van der Waals surface area contributed by atoms with E-state index < -0.39 is 0 Å². The number of hydrogen-bond acceptors (Lipinski definition) is 3. The van der Waals surface area contributed by atoms with Crippen LogP contribution in [0.2, 0.25) is 0 Å². The van der Waals surface area contributed by atoms with Crippen LogP contribution in [0.3, 0.4) is 0 Å². The van der Waals surface area contributed by atoms with Gasteiger partial charge in [0.05, 0.1) is 0 Å². The number of nitrogens with one attached hydrogen (secondary N) is 1. The maximum absolute atomic E-state index is 11.8. The Morgan fingerprint density at radius 1 is 1.47 bits per heavy atom. The van der Waals surface area contributed by atoms with Gasteiger partial charge in [0.2, 0.25) is 5.91 Å². The van der Waals surface area contributed by atoms with E-state index in [2.05, 4.69) is 24.2 Å². The van der Waals surface area contributed by atoms with Crippen molar-refractivity contribution >= 4 is 5.91 Å². The summed E-state index contributed by atoms with van der Waals surface area (Å²) < 4.78 is 0. The van der Waals surface area contributed by atoms with Gasteiger partial charge in [-0.15, -0.1) is 0 Å². The molecule has 1 atom stereocenters. The Morgan fingerprint density at radius 2 is 2.20 bits per heavy atom. The highest BCUT2D eigenvalue weighted by molar-refractivity contribution is 5.76. The molecule has 1 N–H and O–H groups in total. The van der Waals surface area contributed by atoms with Crippen molar-refractivity contribution in [2.24, 2.45) is 0 Å². The fourth-order valence-electron chi connectivity index (χ4n) is 1.85. The SMILES string of the molecule is CNCCCC(=O)N1CCN(C)C(C)C1. The Kier molecular flexibility index (Phi) is 5.05. The Balaban J connectivity index is 2.28. The number of nitrogens with zero attached hydrogens (tertiary/aromatic N) is 2. The molecule has 1 unspecified atom stereocenters. The molecule has 1 aliphatic rings. The first-order valence-corrected chi connectivity index (χ1v) is 5.77. The van der Waals surface area contributed by atoms with Crippen molar-refractivity contribution in [3.05, 3.63) is 0 Å². The normalized spacial score (nSPS) is 23.1. The van der Waals surface area contributed by atoms with E-state index in [-0.39, 0.29) is 0 Å². The Morgan fingerprint density at radius 3 is 2.80 bits per heavy atom. The van der Waals surface area contributed by atoms with E-state index in [4.69, 9.17) is 0 Å². The summed E-state index contributed by atoms with van der Waals surface area (Å²) in [6, 6.07) is 0.493. The summed E-state index contributed by atoms with van der Waals surface area (Å²) >= 11 is 0. The zero-order valence-corrected chi connectivity index (χ0v) is 10.1. The van der Waals surface area contributed by atoms with Crippen LogP contribution in [-0.4, -0.2) is 62.0 Å². The lowest BCUT2D eigenvalue weighted by Crippen LogP contribution is -2.52. The highest BCUT2D eigenvalue weighted by atomic mass is 16.2. The van der Waals surface area contributed by atoms with Crippen LogP contribution in [0.4, 0.5) is 0 Å². The van der Waals surface area contributed by atoms with Crippen LogP contribution in [0.5, 0.6) is 0 Å². The summed E-state index contributed by atoms with van der Waals surface area (Å²) in [5.74, 6) is 0.310. The standard InChI is InChI=1S/C11H23N3O/c1-10-9-14(8-7-13(10)3)11(15)5-4-6-12-2/h10,12H,4-9H2,1-3H3. The summed E-state index contributed by atoms with van der Waals surface area (Å²) in [4.78, 5) is 16.1. The molecule has 0 aliphatic carbocycles. The van der Waals surface area contributed by atoms with Gasteiger partial charge in [-0.2, -0.15) is 0 Å². The van der Waals surface area contributed by atoms with Crippen molar-refractivity contribution in [1.82, 2.24) is 15.1 Å². The number of amides is 1. The summed E-state index contributed by atoms with van der Waals surface area (Å²) in [6.45, 7) is 5.87. The van der Waals surface area contributed by atoms with Crippen molar-refractivity contribution in [1.29, 1.82) is 0 Å². The molecule has 88 valence electrons. The van der Waals surface area contributed by atoms with Gasteiger partial charge in [-0.05, 0) is 34.0 Å². The summed E-state index contributed by atoms with van der Waals surface area (Å²) in [7, 11) is 4.04. The molecule has 0 aromatic rings. The van der Waals surface area contributed by atoms with Gasteiger partial charge in [0.1, 0.15) is 0 Å². The lowest BCUT2D eigenvalue weighted by Gasteiger charge is -2.37. The minimum atomic E-state index is 0.310. The zero-order valence-electron chi connectivity index (χ0n) is 10.1. The molecule has 4 heteroatoms. The van der Waals surface area contributed by atoms with Crippen LogP contribution < -0.4 is 5.32 Å². The third-order valence-electron chi connectivity index (χ3n) is 3.13. The number of carbonyl (C=O) groups is 1. The third kappa shape index (κ3) is 3.80. The van der Waals surface area contributed by atoms with Crippen LogP contribution in [0.1, 0.15) is 19.8 Å². The topological polar surface area (TPSA) is 35.6 Å². The smallest absolute Gasteiger partial charge is 0.222 e. The van der Waals surface area contributed by atoms with Gasteiger partial charge >= 0.3 is 0 Å². The molecule has 0 radical (unpaired) electrons. The number of hydrogen-bond donors (Lipinski definition) is 1. The summed E-state index contributed by atoms with van der Waals surface area (Å²) in [5.41, 5.74) is 0. The number of rotatable bonds is 4. The van der Waals surface area contributed by atoms with Gasteiger partial charge in [0, 0.05) is 32.1 Å². The van der Waals surface area contributed by atoms with Gasteiger partial charge in [-0.1, -0.05) is 0 Å². The molecule has 15 heavy (non-hydrogen) atoms. The summed E-state index contributed by atoms with van der Waals surface area (Å²) in [5, 5.41) is 3.06. The molecule has 4 nitrogen and oxygen atoms in total. The van der Waals surface area contributed by atoms with Crippen LogP contribution in [0, 0.1) is 0 Å². The molecular weight excluding hydrogens is 190 g/mol. The number of likely N-dealkylation sites (N-methyl/N-ethyl adjacent to an activating group) is 1. The molecule has 0 saturated carbocycles. The lowest BCUT2D eigenvalue weighted by molar-refractivity contribution is -0.133. The molecule has 0 spiro atoms. The van der Waals surface area contributed by atoms with Crippen molar-refractivity contribution in [2.45, 2.75) is 25.8 Å². The van der Waals surface area contributed by atoms with Gasteiger partial charge < -0.3 is 15.1 Å². The van der Waals surface area contributed by atoms with Crippen molar-refractivity contribution < 1.29 is 4.79 Å². The maximum Gasteiger partial charge on any atom is 0.222 e. The summed E-state index contributed by atoms with van der Waals surface area (Å²) in [6.07, 6.45) is 1.62. The molecular formula is C11H23N3O. The van der Waals surface area contributed by atoms with Gasteiger partial charge in [-0.3, -0.25) is 4.79 Å². The lowest BCUT2D eigenvalue weighted by atomic mass is 10.2. The molecule has 1 rings (SSSR count). The van der Waals surface area contributed by atoms with E-state index >= 15 is 0 Å². The van der Waals surface area contributed by atoms with Crippen LogP contribution in [0.25, 0.3) is 0 Å². The zero-order chi connectivity index (χ0) is 11.3. The van der Waals surface area contributed by atoms with Crippen LogP contribution in [-0.2, 0) is 4.79 Å². The second-order valence-electron chi connectivity index (χ2n) is 4.38. The fraction of sp³-hybridized carbons (Fsp3) is 0.909. The fourth-order valence-corrected chi connectivity index (χ4v) is 1.85. The predicted molar refractivity (Wildman–Crippen MR) is 61.8 cm³/mol. The second kappa shape index (κ2) is 6.08. The monoisotopic (exact) mass is 213 g/mol. The van der Waals surface area contributed by atoms with Gasteiger partial charge in [0.25, 0.3) is 0 Å². The van der Waals surface area contributed by atoms with E-state index in [0.717, 1.165) is 32.6 Å². The molecule has 1 amide bonds. The highest BCUT2D eigenvalue weighted by Crippen LogP contribution is 2.08. The molecule has 0 aromatic carbocycles. The van der Waals surface area contributed by atoms with Gasteiger partial charge in [0.15, 0.2) is 0 Å². The van der Waals surface area contributed by atoms with Crippen molar-refractivity contribution in [2.75, 3.05) is 40.3 Å². The van der Waals surface area contributed by atoms with Crippen LogP contribution in [0.15, 0.2) is 0 Å². The van der Waals surface area contributed by atoms with E-state index in [1.807, 2.05) is 11.9 Å². The van der Waals surface area contributed by atoms with E-state index in [0.29, 0.717) is 18.4 Å². The second-order valence-corrected chi connectivity index (χ2v) is 4.38. The molecule has 1 saturated heterocycles. The average Bonchev–Trinajstić information content (AvgIpc) is 2.22. The number of carbonyl (C=O) groups excluding carboxylic acids is 1. The predicted octanol–water partition coefficient (Wildman–Crippen LogP) is 0.149. The van der Waals surface area contributed by atoms with Crippen molar-refractivity contribution in [3.63, 3.8) is 0 Å². The molecule has 1 fully saturated rings. The average molecular weight is 213 g/mol. The van der Waals surface area contributed by atoms with Crippen molar-refractivity contribution in [3.8, 4) is 0 Å². The highest BCUT2D eigenvalue weighted by Gasteiger charge is 2.23. The molecule has 1 heterocycles. The number of piperazine rings is 1. The van der Waals surface area contributed by atoms with E-state index in [9.17, 15) is 4.79 Å². The third-order valence-corrected chi connectivity index (χ3v) is 3.13. The minimum absolute atomic E-state index is 0.310. The minimum Gasteiger partial charge on any atom is -0.340 e. The largest absolute Gasteiger partial charge is 0.340 e. The van der Waals surface area contributed by atoms with Gasteiger partial charge in [-0.25, -0.2) is 0 Å². The van der Waals surface area contributed by atoms with Crippen LogP contribution >= 0.6 is 0 Å². The molecule has 0 aromatic heterocycles. The first-order chi connectivity index (χ1) is 7.15. The Labute approximate surface area is 92.6 Å². The molecule has 0 bridgehead atoms. The Hall–Kier alpha value is -0.610. The van der Waals surface area contributed by atoms with E-state index in [1.165, 1.54) is 0 Å². The quantitative estimate of drug-likeness (QED) is 0.675. The molecule has 1 aliphatic heterocycles. The first kappa shape index (κ1) is 12.5. The maximum atomic E-state index is 11.8. The Bertz CT molecular complexity index is 208. The first-order valence-electron chi connectivity index (χ1n) is 5.77. The van der Waals surface area contributed by atoms with E-state index in [1.54, 1.807) is 0 Å².